The van der Waals surface area contributed by atoms with Crippen molar-refractivity contribution in [3.63, 3.8) is 0 Å². The van der Waals surface area contributed by atoms with Gasteiger partial charge in [-0.05, 0) is 18.2 Å². The number of ether oxygens (including phenoxy) is 1. The molecule has 1 aromatic carbocycles. The minimum Gasteiger partial charge on any atom is -0.481 e. The highest BCUT2D eigenvalue weighted by molar-refractivity contribution is 5.89. The number of rotatable bonds is 3. The number of carbonyl (C=O) groups is 1. The van der Waals surface area contributed by atoms with Crippen LogP contribution in [-0.4, -0.2) is 33.1 Å². The van der Waals surface area contributed by atoms with Crippen LogP contribution in [0.4, 0.5) is 0 Å². The molecule has 2 aromatic heterocycles. The first-order valence-corrected chi connectivity index (χ1v) is 5.92. The van der Waals surface area contributed by atoms with E-state index in [1.54, 1.807) is 24.3 Å². The summed E-state index contributed by atoms with van der Waals surface area (Å²) in [6.07, 6.45) is 0. The van der Waals surface area contributed by atoms with Crippen molar-refractivity contribution in [3.05, 3.63) is 42.0 Å². The van der Waals surface area contributed by atoms with Crippen LogP contribution in [0, 0.1) is 0 Å². The molecule has 0 aliphatic carbocycles. The van der Waals surface area contributed by atoms with Crippen molar-refractivity contribution < 1.29 is 14.6 Å². The van der Waals surface area contributed by atoms with Crippen molar-refractivity contribution in [2.45, 2.75) is 0 Å². The maximum absolute atomic E-state index is 11.0. The van der Waals surface area contributed by atoms with Crippen molar-refractivity contribution in [3.8, 4) is 17.3 Å². The molecule has 0 aliphatic heterocycles. The van der Waals surface area contributed by atoms with E-state index in [9.17, 15) is 4.79 Å². The molecule has 0 saturated heterocycles. The summed E-state index contributed by atoms with van der Waals surface area (Å²) in [4.78, 5) is 22.7. The zero-order chi connectivity index (χ0) is 14.1. The number of nitrogens with one attached hydrogen (secondary N) is 1. The fraction of sp³-hybridized carbons (Fsp3) is 0.0714. The molecule has 2 N–H and O–H groups in total. The maximum Gasteiger partial charge on any atom is 0.335 e. The molecule has 20 heavy (non-hydrogen) atoms. The number of hydrogen-bond donors (Lipinski definition) is 2. The maximum atomic E-state index is 11.0. The Hall–Kier alpha value is -2.89. The van der Waals surface area contributed by atoms with Crippen LogP contribution in [0.1, 0.15) is 10.4 Å². The van der Waals surface area contributed by atoms with Gasteiger partial charge in [-0.15, -0.1) is 0 Å². The number of nitrogens with zero attached hydrogens (tertiary/aromatic N) is 2. The van der Waals surface area contributed by atoms with E-state index in [-0.39, 0.29) is 5.56 Å². The van der Waals surface area contributed by atoms with Crippen LogP contribution in [0.2, 0.25) is 0 Å². The van der Waals surface area contributed by atoms with Gasteiger partial charge in [0.05, 0.1) is 18.2 Å². The van der Waals surface area contributed by atoms with Gasteiger partial charge in [-0.2, -0.15) is 4.98 Å². The standard InChI is InChI=1S/C14H11N3O3/c1-20-11-6-5-10-13(16-11)17-12(15-10)8-3-2-4-9(7-8)14(18)19/h2-7H,1H3,(H,18,19)(H,15,16,17). The number of aromatic carboxylic acids is 1. The van der Waals surface area contributed by atoms with Crippen molar-refractivity contribution in [1.29, 1.82) is 0 Å². The van der Waals surface area contributed by atoms with Crippen LogP contribution in [-0.2, 0) is 0 Å². The summed E-state index contributed by atoms with van der Waals surface area (Å²) in [5.41, 5.74) is 2.21. The second kappa shape index (κ2) is 4.65. The summed E-state index contributed by atoms with van der Waals surface area (Å²) in [5.74, 6) is 0.0847. The molecule has 6 heteroatoms. The molecule has 0 bridgehead atoms. The molecule has 6 nitrogen and oxygen atoms in total. The molecule has 0 amide bonds. The van der Waals surface area contributed by atoms with Crippen LogP contribution in [0.3, 0.4) is 0 Å². The topological polar surface area (TPSA) is 88.1 Å². The number of methoxy groups -OCH3 is 1. The smallest absolute Gasteiger partial charge is 0.335 e. The van der Waals surface area contributed by atoms with Crippen LogP contribution in [0.25, 0.3) is 22.6 Å². The SMILES string of the molecule is COc1ccc2[nH]c(-c3cccc(C(=O)O)c3)nc2n1. The van der Waals surface area contributed by atoms with Gasteiger partial charge >= 0.3 is 5.97 Å². The van der Waals surface area contributed by atoms with Crippen molar-refractivity contribution in [2.75, 3.05) is 7.11 Å². The van der Waals surface area contributed by atoms with Gasteiger partial charge in [0, 0.05) is 11.6 Å². The Morgan fingerprint density at radius 2 is 2.10 bits per heavy atom. The zero-order valence-electron chi connectivity index (χ0n) is 10.6. The van der Waals surface area contributed by atoms with Gasteiger partial charge in [-0.3, -0.25) is 0 Å². The van der Waals surface area contributed by atoms with E-state index >= 15 is 0 Å². The van der Waals surface area contributed by atoms with E-state index in [1.807, 2.05) is 6.07 Å². The molecular weight excluding hydrogens is 258 g/mol. The van der Waals surface area contributed by atoms with E-state index < -0.39 is 5.97 Å². The second-order valence-corrected chi connectivity index (χ2v) is 4.20. The molecule has 0 aliphatic rings. The number of aromatic nitrogens is 3. The minimum absolute atomic E-state index is 0.216. The Labute approximate surface area is 114 Å². The normalized spacial score (nSPS) is 10.7. The molecule has 3 aromatic rings. The van der Waals surface area contributed by atoms with Crippen LogP contribution in [0.15, 0.2) is 36.4 Å². The Morgan fingerprint density at radius 3 is 2.85 bits per heavy atom. The molecule has 0 radical (unpaired) electrons. The van der Waals surface area contributed by atoms with Crippen molar-refractivity contribution in [2.24, 2.45) is 0 Å². The van der Waals surface area contributed by atoms with Gasteiger partial charge in [0.2, 0.25) is 5.88 Å². The molecule has 0 spiro atoms. The number of benzene rings is 1. The minimum atomic E-state index is -0.970. The van der Waals surface area contributed by atoms with Gasteiger partial charge in [-0.25, -0.2) is 9.78 Å². The summed E-state index contributed by atoms with van der Waals surface area (Å²) in [6.45, 7) is 0. The van der Waals surface area contributed by atoms with Gasteiger partial charge < -0.3 is 14.8 Å². The average molecular weight is 269 g/mol. The predicted octanol–water partition coefficient (Wildman–Crippen LogP) is 2.33. The van der Waals surface area contributed by atoms with Crippen molar-refractivity contribution in [1.82, 2.24) is 15.0 Å². The Balaban J connectivity index is 2.10. The molecule has 3 rings (SSSR count). The number of aromatic amines is 1. The lowest BCUT2D eigenvalue weighted by Crippen LogP contribution is -1.96. The lowest BCUT2D eigenvalue weighted by atomic mass is 10.1. The third kappa shape index (κ3) is 2.07. The van der Waals surface area contributed by atoms with Gasteiger partial charge in [0.15, 0.2) is 5.65 Å². The van der Waals surface area contributed by atoms with Crippen LogP contribution >= 0.6 is 0 Å². The largest absolute Gasteiger partial charge is 0.481 e. The third-order valence-corrected chi connectivity index (χ3v) is 2.91. The first-order valence-electron chi connectivity index (χ1n) is 5.92. The molecule has 0 saturated carbocycles. The highest BCUT2D eigenvalue weighted by Crippen LogP contribution is 2.22. The monoisotopic (exact) mass is 269 g/mol. The van der Waals surface area contributed by atoms with E-state index in [1.165, 1.54) is 13.2 Å². The number of hydrogen-bond acceptors (Lipinski definition) is 4. The number of carboxylic acid groups (broad SMARTS) is 1. The highest BCUT2D eigenvalue weighted by Gasteiger charge is 2.09. The fourth-order valence-corrected chi connectivity index (χ4v) is 1.93. The van der Waals surface area contributed by atoms with Gasteiger partial charge in [0.25, 0.3) is 0 Å². The lowest BCUT2D eigenvalue weighted by Gasteiger charge is -1.98. The third-order valence-electron chi connectivity index (χ3n) is 2.91. The van der Waals surface area contributed by atoms with E-state index in [0.717, 1.165) is 5.52 Å². The number of imidazole rings is 1. The first-order chi connectivity index (χ1) is 9.67. The summed E-state index contributed by atoms with van der Waals surface area (Å²) >= 11 is 0. The number of H-pyrrole nitrogens is 1. The molecule has 0 fully saturated rings. The first kappa shape index (κ1) is 12.2. The molecule has 0 unspecified atom stereocenters. The van der Waals surface area contributed by atoms with Crippen LogP contribution < -0.4 is 4.74 Å². The Kier molecular flexibility index (Phi) is 2.83. The molecule has 0 atom stereocenters. The number of carboxylic acids is 1. The summed E-state index contributed by atoms with van der Waals surface area (Å²) in [6, 6.07) is 10.1. The van der Waals surface area contributed by atoms with E-state index in [0.29, 0.717) is 22.9 Å². The highest BCUT2D eigenvalue weighted by atomic mass is 16.5. The van der Waals surface area contributed by atoms with E-state index in [2.05, 4.69) is 15.0 Å². The zero-order valence-corrected chi connectivity index (χ0v) is 10.6. The number of pyridine rings is 1. The summed E-state index contributed by atoms with van der Waals surface area (Å²) in [7, 11) is 1.54. The molecular formula is C14H11N3O3. The summed E-state index contributed by atoms with van der Waals surface area (Å²) < 4.78 is 5.05. The predicted molar refractivity (Wildman–Crippen MR) is 72.8 cm³/mol. The second-order valence-electron chi connectivity index (χ2n) is 4.20. The van der Waals surface area contributed by atoms with Crippen molar-refractivity contribution >= 4 is 17.1 Å². The fourth-order valence-electron chi connectivity index (χ4n) is 1.93. The van der Waals surface area contributed by atoms with Crippen LogP contribution in [0.5, 0.6) is 5.88 Å². The van der Waals surface area contributed by atoms with Gasteiger partial charge in [-0.1, -0.05) is 12.1 Å². The Morgan fingerprint density at radius 1 is 1.25 bits per heavy atom. The molecule has 2 heterocycles. The quantitative estimate of drug-likeness (QED) is 0.761. The Bertz CT molecular complexity index is 795. The average Bonchev–Trinajstić information content (AvgIpc) is 2.90. The lowest BCUT2D eigenvalue weighted by molar-refractivity contribution is 0.0697. The van der Waals surface area contributed by atoms with E-state index in [4.69, 9.17) is 9.84 Å². The van der Waals surface area contributed by atoms with Gasteiger partial charge in [0.1, 0.15) is 5.82 Å². The molecule has 100 valence electrons. The summed E-state index contributed by atoms with van der Waals surface area (Å²) in [5, 5.41) is 9.00. The number of fused-ring (bicyclic) bond motifs is 1.